The molecule has 0 aliphatic carbocycles. The molecule has 2 unspecified atom stereocenters. The van der Waals surface area contributed by atoms with Gasteiger partial charge in [-0.1, -0.05) is 17.7 Å². The van der Waals surface area contributed by atoms with Crippen molar-refractivity contribution in [1.82, 2.24) is 24.7 Å². The Hall–Kier alpha value is -2.61. The molecule has 2 aromatic heterocycles. The number of nitrogens with zero attached hydrogens (tertiary/aromatic N) is 4. The number of aromatic nitrogens is 2. The lowest BCUT2D eigenvalue weighted by Crippen LogP contribution is -2.35. The highest BCUT2D eigenvalue weighted by atomic mass is 35.5. The summed E-state index contributed by atoms with van der Waals surface area (Å²) >= 11 is 12.2. The minimum absolute atomic E-state index is 0.0116. The quantitative estimate of drug-likeness (QED) is 0.492. The van der Waals surface area contributed by atoms with Crippen molar-refractivity contribution in [3.8, 4) is 11.4 Å². The van der Waals surface area contributed by atoms with E-state index in [1.807, 2.05) is 36.5 Å². The van der Waals surface area contributed by atoms with Gasteiger partial charge in [0.05, 0.1) is 30.6 Å². The number of rotatable bonds is 7. The van der Waals surface area contributed by atoms with Crippen LogP contribution in [0.3, 0.4) is 0 Å². The maximum absolute atomic E-state index is 6.36. The number of hydrogen-bond acceptors (Lipinski definition) is 4. The smallest absolute Gasteiger partial charge is 0.170 e. The molecule has 6 nitrogen and oxygen atoms in total. The summed E-state index contributed by atoms with van der Waals surface area (Å²) in [5, 5.41) is 4.96. The third kappa shape index (κ3) is 4.58. The summed E-state index contributed by atoms with van der Waals surface area (Å²) in [5.41, 5.74) is 5.33. The molecule has 3 heterocycles. The summed E-state index contributed by atoms with van der Waals surface area (Å²) in [4.78, 5) is 9.12. The van der Waals surface area contributed by atoms with E-state index in [0.29, 0.717) is 5.02 Å². The van der Waals surface area contributed by atoms with Gasteiger partial charge >= 0.3 is 0 Å². The first-order valence-electron chi connectivity index (χ1n) is 11.0. The van der Waals surface area contributed by atoms with E-state index in [9.17, 15) is 0 Å². The summed E-state index contributed by atoms with van der Waals surface area (Å²) in [6.45, 7) is 5.96. The van der Waals surface area contributed by atoms with Crippen LogP contribution in [0.1, 0.15) is 34.7 Å². The maximum atomic E-state index is 6.36. The zero-order valence-electron chi connectivity index (χ0n) is 19.7. The summed E-state index contributed by atoms with van der Waals surface area (Å²) in [6.07, 6.45) is 1.83. The Morgan fingerprint density at radius 1 is 1.18 bits per heavy atom. The molecule has 0 spiro atoms. The fourth-order valence-electron chi connectivity index (χ4n) is 4.59. The van der Waals surface area contributed by atoms with E-state index in [1.54, 1.807) is 7.11 Å². The van der Waals surface area contributed by atoms with Crippen LogP contribution in [-0.2, 0) is 0 Å². The van der Waals surface area contributed by atoms with Crippen molar-refractivity contribution in [2.45, 2.75) is 25.9 Å². The van der Waals surface area contributed by atoms with Gasteiger partial charge < -0.3 is 24.4 Å². The number of pyridine rings is 1. The van der Waals surface area contributed by atoms with Crippen molar-refractivity contribution in [1.29, 1.82) is 0 Å². The van der Waals surface area contributed by atoms with Crippen LogP contribution in [0.15, 0.2) is 48.7 Å². The number of benzene rings is 1. The van der Waals surface area contributed by atoms with Gasteiger partial charge in [0.2, 0.25) is 0 Å². The second-order valence-corrected chi connectivity index (χ2v) is 9.42. The molecular formula is C25H30ClN5OS. The van der Waals surface area contributed by atoms with E-state index in [1.165, 1.54) is 5.56 Å². The Balaban J connectivity index is 1.84. The van der Waals surface area contributed by atoms with Crippen LogP contribution in [-0.4, -0.2) is 58.8 Å². The maximum Gasteiger partial charge on any atom is 0.170 e. The number of methoxy groups -OCH3 is 1. The predicted octanol–water partition coefficient (Wildman–Crippen LogP) is 4.69. The number of nitrogens with one attached hydrogen (secondary N) is 1. The number of aryl methyl sites for hydroxylation is 1. The van der Waals surface area contributed by atoms with Gasteiger partial charge in [0.25, 0.3) is 0 Å². The van der Waals surface area contributed by atoms with Crippen LogP contribution in [0, 0.1) is 13.8 Å². The molecule has 1 saturated heterocycles. The second-order valence-electron chi connectivity index (χ2n) is 8.60. The zero-order chi connectivity index (χ0) is 23.7. The lowest BCUT2D eigenvalue weighted by atomic mass is 9.96. The molecule has 4 rings (SSSR count). The summed E-state index contributed by atoms with van der Waals surface area (Å²) in [7, 11) is 5.84. The van der Waals surface area contributed by atoms with Gasteiger partial charge in [-0.05, 0) is 82.1 Å². The SMILES string of the molecule is COc1ccc(Cl)cc1-n1c(C)cc(C2C(c3ccccn3)NC(=S)N2CCN(C)C)c1C. The molecule has 0 saturated carbocycles. The first-order chi connectivity index (χ1) is 15.8. The Morgan fingerprint density at radius 2 is 1.97 bits per heavy atom. The standard InChI is InChI=1S/C25H30ClN5OS/c1-16-14-19(17(2)31(16)21-15-18(26)9-10-22(21)32-5)24-23(20-8-6-7-11-27-20)28-25(33)30(24)13-12-29(3)4/h6-11,14-15,23-24H,12-13H2,1-5H3,(H,28,33). The molecule has 0 bridgehead atoms. The zero-order valence-corrected chi connectivity index (χ0v) is 21.2. The summed E-state index contributed by atoms with van der Waals surface area (Å²) in [6, 6.07) is 13.9. The highest BCUT2D eigenvalue weighted by molar-refractivity contribution is 7.80. The van der Waals surface area contributed by atoms with Crippen LogP contribution < -0.4 is 10.1 Å². The monoisotopic (exact) mass is 483 g/mol. The van der Waals surface area contributed by atoms with Crippen molar-refractivity contribution in [2.75, 3.05) is 34.3 Å². The van der Waals surface area contributed by atoms with Crippen LogP contribution in [0.25, 0.3) is 5.69 Å². The van der Waals surface area contributed by atoms with Crippen molar-refractivity contribution >= 4 is 28.9 Å². The molecule has 33 heavy (non-hydrogen) atoms. The van der Waals surface area contributed by atoms with Crippen LogP contribution in [0.5, 0.6) is 5.75 Å². The number of halogens is 1. The Morgan fingerprint density at radius 3 is 2.64 bits per heavy atom. The van der Waals surface area contributed by atoms with E-state index < -0.39 is 0 Å². The lowest BCUT2D eigenvalue weighted by molar-refractivity contribution is 0.277. The molecule has 0 amide bonds. The van der Waals surface area contributed by atoms with Gasteiger partial charge in [0.15, 0.2) is 5.11 Å². The van der Waals surface area contributed by atoms with Crippen molar-refractivity contribution < 1.29 is 4.74 Å². The van der Waals surface area contributed by atoms with Crippen LogP contribution >= 0.6 is 23.8 Å². The average molecular weight is 484 g/mol. The minimum Gasteiger partial charge on any atom is -0.495 e. The average Bonchev–Trinajstić information content (AvgIpc) is 3.27. The Bertz CT molecular complexity index is 1150. The molecule has 3 aromatic rings. The number of thiocarbonyl (C=S) groups is 1. The largest absolute Gasteiger partial charge is 0.495 e. The van der Waals surface area contributed by atoms with Gasteiger partial charge in [-0.25, -0.2) is 0 Å². The molecule has 1 fully saturated rings. The molecule has 8 heteroatoms. The number of likely N-dealkylation sites (N-methyl/N-ethyl adjacent to an activating group) is 1. The van der Waals surface area contributed by atoms with Crippen molar-refractivity contribution in [3.05, 3.63) is 76.3 Å². The highest BCUT2D eigenvalue weighted by Gasteiger charge is 2.41. The molecular weight excluding hydrogens is 454 g/mol. The molecule has 174 valence electrons. The lowest BCUT2D eigenvalue weighted by Gasteiger charge is -2.29. The van der Waals surface area contributed by atoms with Crippen LogP contribution in [0.2, 0.25) is 5.02 Å². The van der Waals surface area contributed by atoms with Gasteiger partial charge in [0.1, 0.15) is 5.75 Å². The molecule has 1 aromatic carbocycles. The minimum atomic E-state index is -0.0453. The topological polar surface area (TPSA) is 45.6 Å². The third-order valence-corrected chi connectivity index (χ3v) is 6.74. The number of ether oxygens (including phenoxy) is 1. The molecule has 1 N–H and O–H groups in total. The summed E-state index contributed by atoms with van der Waals surface area (Å²) < 4.78 is 7.86. The predicted molar refractivity (Wildman–Crippen MR) is 138 cm³/mol. The third-order valence-electron chi connectivity index (χ3n) is 6.16. The van der Waals surface area contributed by atoms with E-state index in [0.717, 1.165) is 46.7 Å². The van der Waals surface area contributed by atoms with Crippen molar-refractivity contribution in [2.24, 2.45) is 0 Å². The van der Waals surface area contributed by atoms with Crippen LogP contribution in [0.4, 0.5) is 0 Å². The Labute approximate surface area is 206 Å². The van der Waals surface area contributed by atoms with E-state index in [2.05, 4.69) is 64.7 Å². The normalized spacial score (nSPS) is 18.2. The number of hydrogen-bond donors (Lipinski definition) is 1. The molecule has 2 atom stereocenters. The Kier molecular flexibility index (Phi) is 6.93. The van der Waals surface area contributed by atoms with Gasteiger partial charge in [-0.2, -0.15) is 0 Å². The molecule has 0 radical (unpaired) electrons. The van der Waals surface area contributed by atoms with E-state index in [4.69, 9.17) is 28.6 Å². The highest BCUT2D eigenvalue weighted by Crippen LogP contribution is 2.42. The van der Waals surface area contributed by atoms with Gasteiger partial charge in [-0.15, -0.1) is 0 Å². The molecule has 1 aliphatic rings. The van der Waals surface area contributed by atoms with E-state index >= 15 is 0 Å². The van der Waals surface area contributed by atoms with Gasteiger partial charge in [0, 0.05) is 35.7 Å². The van der Waals surface area contributed by atoms with E-state index in [-0.39, 0.29) is 12.1 Å². The first kappa shape index (κ1) is 23.5. The second kappa shape index (κ2) is 9.71. The molecule has 1 aliphatic heterocycles. The first-order valence-corrected chi connectivity index (χ1v) is 11.8. The fourth-order valence-corrected chi connectivity index (χ4v) is 5.09. The van der Waals surface area contributed by atoms with Crippen molar-refractivity contribution in [3.63, 3.8) is 0 Å². The van der Waals surface area contributed by atoms with Gasteiger partial charge in [-0.3, -0.25) is 4.98 Å². The summed E-state index contributed by atoms with van der Waals surface area (Å²) in [5.74, 6) is 0.776. The fraction of sp³-hybridized carbons (Fsp3) is 0.360.